The average molecular weight is 328 g/mol. The maximum absolute atomic E-state index is 12.5. The largest absolute Gasteiger partial charge is 0.305 e. The zero-order valence-electron chi connectivity index (χ0n) is 13.7. The van der Waals surface area contributed by atoms with E-state index in [-0.39, 0.29) is 5.91 Å². The Morgan fingerprint density at radius 2 is 1.64 bits per heavy atom. The number of hydrogen-bond donors (Lipinski definition) is 2. The molecule has 0 atom stereocenters. The van der Waals surface area contributed by atoms with E-state index in [0.717, 1.165) is 22.2 Å². The van der Waals surface area contributed by atoms with Crippen LogP contribution in [0.1, 0.15) is 16.1 Å². The second kappa shape index (κ2) is 6.20. The van der Waals surface area contributed by atoms with Crippen molar-refractivity contribution in [3.05, 3.63) is 78.0 Å². The van der Waals surface area contributed by atoms with Crippen LogP contribution in [0.2, 0.25) is 0 Å². The molecule has 25 heavy (non-hydrogen) atoms. The summed E-state index contributed by atoms with van der Waals surface area (Å²) in [6.07, 6.45) is 0. The molecule has 4 aromatic rings. The summed E-state index contributed by atoms with van der Waals surface area (Å²) in [5.74, 6) is 0.285. The molecule has 0 aliphatic rings. The number of pyridine rings is 1. The summed E-state index contributed by atoms with van der Waals surface area (Å²) in [4.78, 5) is 16.8. The molecule has 0 saturated carbocycles. The third-order valence-corrected chi connectivity index (χ3v) is 4.05. The van der Waals surface area contributed by atoms with E-state index in [4.69, 9.17) is 0 Å². The molecule has 0 bridgehead atoms. The first-order valence-corrected chi connectivity index (χ1v) is 7.99. The quantitative estimate of drug-likeness (QED) is 0.592. The third kappa shape index (κ3) is 2.99. The van der Waals surface area contributed by atoms with Gasteiger partial charge in [-0.3, -0.25) is 9.89 Å². The Morgan fingerprint density at radius 1 is 0.920 bits per heavy atom. The van der Waals surface area contributed by atoms with E-state index in [2.05, 4.69) is 20.5 Å². The van der Waals surface area contributed by atoms with Crippen molar-refractivity contribution in [1.29, 1.82) is 0 Å². The molecule has 122 valence electrons. The minimum atomic E-state index is -0.200. The highest BCUT2D eigenvalue weighted by molar-refractivity contribution is 6.07. The van der Waals surface area contributed by atoms with Crippen LogP contribution >= 0.6 is 0 Å². The SMILES string of the molecule is Cc1ccc2c(NC(=O)c3ccc(-c4ccccc4)cc3)n[nH]c2n1. The van der Waals surface area contributed by atoms with E-state index in [0.29, 0.717) is 17.0 Å². The number of nitrogens with zero attached hydrogens (tertiary/aromatic N) is 2. The number of benzene rings is 2. The number of aromatic nitrogens is 3. The maximum Gasteiger partial charge on any atom is 0.256 e. The lowest BCUT2D eigenvalue weighted by Gasteiger charge is -2.05. The van der Waals surface area contributed by atoms with Crippen LogP contribution in [-0.4, -0.2) is 21.1 Å². The molecule has 0 spiro atoms. The summed E-state index contributed by atoms with van der Waals surface area (Å²) < 4.78 is 0. The van der Waals surface area contributed by atoms with E-state index in [1.165, 1.54) is 0 Å². The zero-order valence-corrected chi connectivity index (χ0v) is 13.7. The Balaban J connectivity index is 1.56. The minimum absolute atomic E-state index is 0.200. The molecule has 0 fully saturated rings. The normalized spacial score (nSPS) is 10.8. The molecular weight excluding hydrogens is 312 g/mol. The van der Waals surface area contributed by atoms with Crippen molar-refractivity contribution in [2.24, 2.45) is 0 Å². The van der Waals surface area contributed by atoms with Crippen molar-refractivity contribution in [2.75, 3.05) is 5.32 Å². The van der Waals surface area contributed by atoms with E-state index < -0.39 is 0 Å². The number of carbonyl (C=O) groups is 1. The van der Waals surface area contributed by atoms with Gasteiger partial charge in [-0.25, -0.2) is 4.98 Å². The van der Waals surface area contributed by atoms with Crippen molar-refractivity contribution in [3.63, 3.8) is 0 Å². The van der Waals surface area contributed by atoms with Crippen LogP contribution in [0, 0.1) is 6.92 Å². The summed E-state index contributed by atoms with van der Waals surface area (Å²) in [5, 5.41) is 10.6. The molecule has 2 N–H and O–H groups in total. The van der Waals surface area contributed by atoms with Gasteiger partial charge >= 0.3 is 0 Å². The summed E-state index contributed by atoms with van der Waals surface area (Å²) >= 11 is 0. The van der Waals surface area contributed by atoms with Crippen molar-refractivity contribution >= 4 is 22.8 Å². The average Bonchev–Trinajstić information content (AvgIpc) is 3.04. The fourth-order valence-electron chi connectivity index (χ4n) is 2.72. The van der Waals surface area contributed by atoms with Gasteiger partial charge in [0.05, 0.1) is 5.39 Å². The molecule has 2 aromatic heterocycles. The standard InChI is InChI=1S/C20H16N4O/c1-13-7-12-17-18(21-13)23-24-19(17)22-20(25)16-10-8-15(9-11-16)14-5-3-2-4-6-14/h2-12H,1H3,(H2,21,22,23,24,25). The molecule has 0 unspecified atom stereocenters. The van der Waals surface area contributed by atoms with Crippen molar-refractivity contribution in [1.82, 2.24) is 15.2 Å². The molecule has 0 aliphatic heterocycles. The highest BCUT2D eigenvalue weighted by Crippen LogP contribution is 2.22. The first-order chi connectivity index (χ1) is 12.2. The Kier molecular flexibility index (Phi) is 3.74. The smallest absolute Gasteiger partial charge is 0.256 e. The van der Waals surface area contributed by atoms with Crippen molar-refractivity contribution < 1.29 is 4.79 Å². The van der Waals surface area contributed by atoms with Crippen LogP contribution in [0.15, 0.2) is 66.7 Å². The second-order valence-corrected chi connectivity index (χ2v) is 5.82. The number of anilines is 1. The lowest BCUT2D eigenvalue weighted by molar-refractivity contribution is 0.102. The number of H-pyrrole nitrogens is 1. The Morgan fingerprint density at radius 3 is 2.40 bits per heavy atom. The minimum Gasteiger partial charge on any atom is -0.305 e. The van der Waals surface area contributed by atoms with Gasteiger partial charge in [0.2, 0.25) is 0 Å². The molecule has 0 saturated heterocycles. The fourth-order valence-corrected chi connectivity index (χ4v) is 2.72. The van der Waals surface area contributed by atoms with E-state index in [9.17, 15) is 4.79 Å². The highest BCUT2D eigenvalue weighted by atomic mass is 16.1. The Labute approximate surface area is 144 Å². The lowest BCUT2D eigenvalue weighted by Crippen LogP contribution is -2.12. The van der Waals surface area contributed by atoms with Gasteiger partial charge in [0.15, 0.2) is 11.5 Å². The fraction of sp³-hybridized carbons (Fsp3) is 0.0500. The molecule has 1 amide bonds. The monoisotopic (exact) mass is 328 g/mol. The molecule has 4 rings (SSSR count). The first-order valence-electron chi connectivity index (χ1n) is 7.99. The lowest BCUT2D eigenvalue weighted by atomic mass is 10.0. The number of rotatable bonds is 3. The van der Waals surface area contributed by atoms with Gasteiger partial charge in [-0.05, 0) is 42.3 Å². The molecule has 2 heterocycles. The number of fused-ring (bicyclic) bond motifs is 1. The van der Waals surface area contributed by atoms with Crippen LogP contribution in [0.5, 0.6) is 0 Å². The number of aromatic amines is 1. The van der Waals surface area contributed by atoms with Crippen molar-refractivity contribution in [2.45, 2.75) is 6.92 Å². The number of hydrogen-bond acceptors (Lipinski definition) is 3. The summed E-state index contributed by atoms with van der Waals surface area (Å²) in [6.45, 7) is 1.91. The molecule has 5 nitrogen and oxygen atoms in total. The van der Waals surface area contributed by atoms with Crippen LogP contribution in [0.3, 0.4) is 0 Å². The number of nitrogens with one attached hydrogen (secondary N) is 2. The molecule has 5 heteroatoms. The van der Waals surface area contributed by atoms with Gasteiger partial charge < -0.3 is 5.32 Å². The zero-order chi connectivity index (χ0) is 17.2. The van der Waals surface area contributed by atoms with Crippen LogP contribution in [0.25, 0.3) is 22.2 Å². The van der Waals surface area contributed by atoms with Crippen molar-refractivity contribution in [3.8, 4) is 11.1 Å². The van der Waals surface area contributed by atoms with Gasteiger partial charge in [0.1, 0.15) is 0 Å². The van der Waals surface area contributed by atoms with Gasteiger partial charge in [-0.2, -0.15) is 5.10 Å². The number of aryl methyl sites for hydroxylation is 1. The highest BCUT2D eigenvalue weighted by Gasteiger charge is 2.12. The summed E-state index contributed by atoms with van der Waals surface area (Å²) in [6, 6.07) is 21.4. The molecule has 0 aliphatic carbocycles. The number of carbonyl (C=O) groups excluding carboxylic acids is 1. The first kappa shape index (κ1) is 15.1. The maximum atomic E-state index is 12.5. The van der Waals surface area contributed by atoms with E-state index >= 15 is 0 Å². The predicted octanol–water partition coefficient (Wildman–Crippen LogP) is 4.19. The van der Waals surface area contributed by atoms with Gasteiger partial charge in [0, 0.05) is 11.3 Å². The van der Waals surface area contributed by atoms with Crippen LogP contribution < -0.4 is 5.32 Å². The van der Waals surface area contributed by atoms with Crippen LogP contribution in [-0.2, 0) is 0 Å². The van der Waals surface area contributed by atoms with E-state index in [1.54, 1.807) is 0 Å². The molecule has 2 aromatic carbocycles. The number of amides is 1. The van der Waals surface area contributed by atoms with Gasteiger partial charge in [-0.15, -0.1) is 0 Å². The topological polar surface area (TPSA) is 70.7 Å². The molecule has 0 radical (unpaired) electrons. The van der Waals surface area contributed by atoms with Gasteiger partial charge in [-0.1, -0.05) is 42.5 Å². The Hall–Kier alpha value is -3.47. The van der Waals surface area contributed by atoms with Crippen LogP contribution in [0.4, 0.5) is 5.82 Å². The summed E-state index contributed by atoms with van der Waals surface area (Å²) in [5.41, 5.74) is 4.33. The van der Waals surface area contributed by atoms with Gasteiger partial charge in [0.25, 0.3) is 5.91 Å². The Bertz CT molecular complexity index is 1040. The summed E-state index contributed by atoms with van der Waals surface area (Å²) in [7, 11) is 0. The predicted molar refractivity (Wildman–Crippen MR) is 98.5 cm³/mol. The second-order valence-electron chi connectivity index (χ2n) is 5.82. The molecular formula is C20H16N4O. The third-order valence-electron chi connectivity index (χ3n) is 4.05. The van der Waals surface area contributed by atoms with E-state index in [1.807, 2.05) is 73.7 Å².